The van der Waals surface area contributed by atoms with Crippen LogP contribution < -0.4 is 10.9 Å². The van der Waals surface area contributed by atoms with Crippen molar-refractivity contribution >= 4 is 5.91 Å². The van der Waals surface area contributed by atoms with Crippen LogP contribution in [0, 0.1) is 20.8 Å². The Kier molecular flexibility index (Phi) is 5.70. The van der Waals surface area contributed by atoms with E-state index < -0.39 is 0 Å². The Hall–Kier alpha value is -3.25. The van der Waals surface area contributed by atoms with Gasteiger partial charge in [0.2, 0.25) is 0 Å². The van der Waals surface area contributed by atoms with Crippen LogP contribution in [-0.4, -0.2) is 21.0 Å². The van der Waals surface area contributed by atoms with Gasteiger partial charge in [0.05, 0.1) is 12.3 Å². The molecule has 3 rings (SSSR count). The fraction of sp³-hybridized carbons (Fsp3) is 0.227. The number of benzene rings is 1. The van der Waals surface area contributed by atoms with Gasteiger partial charge in [0.25, 0.3) is 11.5 Å². The van der Waals surface area contributed by atoms with Crippen LogP contribution in [0.5, 0.6) is 0 Å². The van der Waals surface area contributed by atoms with E-state index in [-0.39, 0.29) is 24.6 Å². The largest absolute Gasteiger partial charge is 0.390 e. The van der Waals surface area contributed by atoms with E-state index in [2.05, 4.69) is 15.3 Å². The number of H-pyrrole nitrogens is 1. The monoisotopic (exact) mass is 377 g/mol. The average Bonchev–Trinajstić information content (AvgIpc) is 2.67. The molecule has 0 saturated carbocycles. The fourth-order valence-electron chi connectivity index (χ4n) is 3.10. The molecule has 0 fully saturated rings. The Morgan fingerprint density at radius 3 is 2.46 bits per heavy atom. The number of aliphatic hydroxyl groups excluding tert-OH is 1. The van der Waals surface area contributed by atoms with Gasteiger partial charge in [-0.15, -0.1) is 0 Å². The van der Waals surface area contributed by atoms with Crippen LogP contribution in [0.25, 0.3) is 11.1 Å². The van der Waals surface area contributed by atoms with Crippen molar-refractivity contribution in [2.45, 2.75) is 33.9 Å². The van der Waals surface area contributed by atoms with Gasteiger partial charge >= 0.3 is 0 Å². The molecule has 28 heavy (non-hydrogen) atoms. The standard InChI is InChI=1S/C22H23N3O3/c1-13-4-5-16(17-6-7-18(12-26)23-10-17)9-19(13)21(27)24-11-20-14(2)8-15(3)25-22(20)28/h4-10,26H,11-12H2,1-3H3,(H,24,27)(H,25,28). The molecule has 3 N–H and O–H groups in total. The number of pyridine rings is 2. The van der Waals surface area contributed by atoms with Crippen LogP contribution in [0.2, 0.25) is 0 Å². The summed E-state index contributed by atoms with van der Waals surface area (Å²) in [5, 5.41) is 12.0. The second kappa shape index (κ2) is 8.19. The zero-order valence-electron chi connectivity index (χ0n) is 16.2. The maximum absolute atomic E-state index is 12.7. The van der Waals surface area contributed by atoms with Crippen molar-refractivity contribution in [2.24, 2.45) is 0 Å². The molecule has 0 bridgehead atoms. The highest BCUT2D eigenvalue weighted by Crippen LogP contribution is 2.22. The molecule has 2 aromatic heterocycles. The first kappa shape index (κ1) is 19.5. The summed E-state index contributed by atoms with van der Waals surface area (Å²) < 4.78 is 0. The molecule has 1 aromatic carbocycles. The molecule has 0 aliphatic carbocycles. The number of hydrogen-bond donors (Lipinski definition) is 3. The lowest BCUT2D eigenvalue weighted by Gasteiger charge is -2.11. The fourth-order valence-corrected chi connectivity index (χ4v) is 3.10. The van der Waals surface area contributed by atoms with Crippen LogP contribution in [0.15, 0.2) is 47.4 Å². The summed E-state index contributed by atoms with van der Waals surface area (Å²) in [6, 6.07) is 11.1. The number of aromatic nitrogens is 2. The smallest absolute Gasteiger partial charge is 0.253 e. The molecule has 0 aliphatic rings. The summed E-state index contributed by atoms with van der Waals surface area (Å²) >= 11 is 0. The summed E-state index contributed by atoms with van der Waals surface area (Å²) in [5.74, 6) is -0.237. The minimum Gasteiger partial charge on any atom is -0.390 e. The lowest BCUT2D eigenvalue weighted by molar-refractivity contribution is 0.0950. The number of carbonyl (C=O) groups is 1. The number of nitrogens with zero attached hydrogens (tertiary/aromatic N) is 1. The highest BCUT2D eigenvalue weighted by molar-refractivity contribution is 5.96. The van der Waals surface area contributed by atoms with Gasteiger partial charge < -0.3 is 15.4 Å². The molecule has 0 radical (unpaired) electrons. The van der Waals surface area contributed by atoms with E-state index in [0.717, 1.165) is 27.9 Å². The molecule has 0 saturated heterocycles. The SMILES string of the molecule is Cc1cc(C)c(CNC(=O)c2cc(-c3ccc(CO)nc3)ccc2C)c(=O)[nH]1. The number of hydrogen-bond acceptors (Lipinski definition) is 4. The van der Waals surface area contributed by atoms with Crippen LogP contribution >= 0.6 is 0 Å². The number of aryl methyl sites for hydroxylation is 3. The predicted octanol–water partition coefficient (Wildman–Crippen LogP) is 2.78. The van der Waals surface area contributed by atoms with Crippen LogP contribution in [0.1, 0.15) is 38.4 Å². The molecule has 6 heteroatoms. The van der Waals surface area contributed by atoms with Gasteiger partial charge in [0.1, 0.15) is 0 Å². The van der Waals surface area contributed by atoms with E-state index in [4.69, 9.17) is 5.11 Å². The average molecular weight is 377 g/mol. The summed E-state index contributed by atoms with van der Waals surface area (Å²) in [6.07, 6.45) is 1.67. The third-order valence-electron chi connectivity index (χ3n) is 4.72. The van der Waals surface area contributed by atoms with E-state index in [0.29, 0.717) is 16.8 Å². The van der Waals surface area contributed by atoms with Crippen LogP contribution in [-0.2, 0) is 13.2 Å². The molecule has 0 unspecified atom stereocenters. The molecular formula is C22H23N3O3. The Morgan fingerprint density at radius 2 is 1.82 bits per heavy atom. The molecule has 6 nitrogen and oxygen atoms in total. The highest BCUT2D eigenvalue weighted by Gasteiger charge is 2.13. The van der Waals surface area contributed by atoms with Gasteiger partial charge in [-0.25, -0.2) is 0 Å². The second-order valence-corrected chi connectivity index (χ2v) is 6.85. The number of carbonyl (C=O) groups excluding carboxylic acids is 1. The first-order valence-corrected chi connectivity index (χ1v) is 9.03. The van der Waals surface area contributed by atoms with Gasteiger partial charge in [-0.2, -0.15) is 0 Å². The Morgan fingerprint density at radius 1 is 1.07 bits per heavy atom. The summed E-state index contributed by atoms with van der Waals surface area (Å²) in [5.41, 5.74) is 5.71. The summed E-state index contributed by atoms with van der Waals surface area (Å²) in [6.45, 7) is 5.61. The highest BCUT2D eigenvalue weighted by atomic mass is 16.3. The van der Waals surface area contributed by atoms with Crippen molar-refractivity contribution < 1.29 is 9.90 Å². The van der Waals surface area contributed by atoms with Crippen LogP contribution in [0.4, 0.5) is 0 Å². The lowest BCUT2D eigenvalue weighted by atomic mass is 10.00. The predicted molar refractivity (Wildman–Crippen MR) is 108 cm³/mol. The third-order valence-corrected chi connectivity index (χ3v) is 4.72. The van der Waals surface area contributed by atoms with Crippen molar-refractivity contribution in [1.82, 2.24) is 15.3 Å². The molecule has 0 aliphatic heterocycles. The Bertz CT molecular complexity index is 1070. The van der Waals surface area contributed by atoms with Crippen molar-refractivity contribution in [1.29, 1.82) is 0 Å². The number of amides is 1. The van der Waals surface area contributed by atoms with Crippen molar-refractivity contribution in [2.75, 3.05) is 0 Å². The number of rotatable bonds is 5. The maximum atomic E-state index is 12.7. The van der Waals surface area contributed by atoms with Crippen LogP contribution in [0.3, 0.4) is 0 Å². The lowest BCUT2D eigenvalue weighted by Crippen LogP contribution is -2.28. The minimum atomic E-state index is -0.237. The van der Waals surface area contributed by atoms with E-state index in [1.165, 1.54) is 0 Å². The molecule has 144 valence electrons. The number of nitrogens with one attached hydrogen (secondary N) is 2. The van der Waals surface area contributed by atoms with E-state index >= 15 is 0 Å². The molecule has 3 aromatic rings. The molecule has 0 spiro atoms. The first-order valence-electron chi connectivity index (χ1n) is 9.03. The Labute approximate surface area is 163 Å². The molecular weight excluding hydrogens is 354 g/mol. The molecule has 1 amide bonds. The maximum Gasteiger partial charge on any atom is 0.253 e. The quantitative estimate of drug-likeness (QED) is 0.637. The number of aliphatic hydroxyl groups is 1. The minimum absolute atomic E-state index is 0.112. The van der Waals surface area contributed by atoms with Gasteiger partial charge in [-0.1, -0.05) is 18.2 Å². The van der Waals surface area contributed by atoms with Gasteiger partial charge in [0.15, 0.2) is 0 Å². The zero-order valence-corrected chi connectivity index (χ0v) is 16.2. The topological polar surface area (TPSA) is 95.1 Å². The van der Waals surface area contributed by atoms with Gasteiger partial charge in [-0.05, 0) is 55.7 Å². The normalized spacial score (nSPS) is 10.7. The molecule has 2 heterocycles. The van der Waals surface area contributed by atoms with Crippen molar-refractivity contribution in [3.63, 3.8) is 0 Å². The van der Waals surface area contributed by atoms with Gasteiger partial charge in [0, 0.05) is 35.1 Å². The third kappa shape index (κ3) is 4.18. The van der Waals surface area contributed by atoms with E-state index in [1.807, 2.05) is 51.1 Å². The first-order chi connectivity index (χ1) is 13.4. The van der Waals surface area contributed by atoms with E-state index in [9.17, 15) is 9.59 Å². The van der Waals surface area contributed by atoms with Crippen molar-refractivity contribution in [3.05, 3.63) is 86.6 Å². The Balaban J connectivity index is 1.82. The molecule has 0 atom stereocenters. The zero-order chi connectivity index (χ0) is 20.3. The number of aromatic amines is 1. The second-order valence-electron chi connectivity index (χ2n) is 6.85. The van der Waals surface area contributed by atoms with E-state index in [1.54, 1.807) is 12.3 Å². The summed E-state index contributed by atoms with van der Waals surface area (Å²) in [4.78, 5) is 31.8. The van der Waals surface area contributed by atoms with Crippen molar-refractivity contribution in [3.8, 4) is 11.1 Å². The summed E-state index contributed by atoms with van der Waals surface area (Å²) in [7, 11) is 0. The van der Waals surface area contributed by atoms with Gasteiger partial charge in [-0.3, -0.25) is 14.6 Å².